The molecule has 0 aliphatic heterocycles. The zero-order chi connectivity index (χ0) is 10.7. The van der Waals surface area contributed by atoms with E-state index in [2.05, 4.69) is 4.86 Å². The third-order valence-electron chi connectivity index (χ3n) is 2.05. The van der Waals surface area contributed by atoms with Crippen LogP contribution in [0.2, 0.25) is 0 Å². The fourth-order valence-corrected chi connectivity index (χ4v) is 1.43. The maximum Gasteiger partial charge on any atom is 0.743 e. The van der Waals surface area contributed by atoms with E-state index in [1.807, 2.05) is 30.3 Å². The summed E-state index contributed by atoms with van der Waals surface area (Å²) < 4.78 is 16.4. The van der Waals surface area contributed by atoms with E-state index in [1.54, 1.807) is 12.1 Å². The molecule has 0 aliphatic carbocycles. The standard InChI is InChI=1S/C10H8BFO3/c12-15-11(13)14-10-7-3-5-8-4-1-2-6-9(8)10/h1-7,13H. The van der Waals surface area contributed by atoms with E-state index >= 15 is 0 Å². The minimum absolute atomic E-state index is 0.373. The van der Waals surface area contributed by atoms with E-state index in [-0.39, 0.29) is 0 Å². The van der Waals surface area contributed by atoms with Crippen molar-refractivity contribution >= 4 is 18.1 Å². The molecule has 5 heteroatoms. The lowest BCUT2D eigenvalue weighted by Crippen LogP contribution is -2.22. The van der Waals surface area contributed by atoms with Crippen LogP contribution in [0.5, 0.6) is 5.75 Å². The Labute approximate surface area is 86.1 Å². The summed E-state index contributed by atoms with van der Waals surface area (Å²) in [5.74, 6) is 0.373. The molecule has 0 bridgehead atoms. The van der Waals surface area contributed by atoms with Crippen LogP contribution in [0.25, 0.3) is 10.8 Å². The average Bonchev–Trinajstić information content (AvgIpc) is 2.29. The number of halogens is 1. The van der Waals surface area contributed by atoms with Gasteiger partial charge >= 0.3 is 7.32 Å². The Hall–Kier alpha value is -1.59. The van der Waals surface area contributed by atoms with Crippen molar-refractivity contribution in [3.63, 3.8) is 0 Å². The molecule has 1 N–H and O–H groups in total. The molecule has 0 unspecified atom stereocenters. The predicted molar refractivity (Wildman–Crippen MR) is 54.7 cm³/mol. The minimum atomic E-state index is -1.89. The summed E-state index contributed by atoms with van der Waals surface area (Å²) in [4.78, 5) is 3.14. The molecule has 0 saturated heterocycles. The van der Waals surface area contributed by atoms with Crippen LogP contribution < -0.4 is 4.65 Å². The summed E-state index contributed by atoms with van der Waals surface area (Å²) in [7, 11) is -1.89. The molecule has 0 aliphatic rings. The molecule has 76 valence electrons. The van der Waals surface area contributed by atoms with Gasteiger partial charge in [0.05, 0.1) is 0 Å². The second kappa shape index (κ2) is 4.29. The van der Waals surface area contributed by atoms with Crippen molar-refractivity contribution < 1.29 is 19.1 Å². The molecule has 0 aromatic heterocycles. The van der Waals surface area contributed by atoms with Gasteiger partial charge in [-0.25, -0.2) is 0 Å². The van der Waals surface area contributed by atoms with Crippen molar-refractivity contribution in [3.05, 3.63) is 42.5 Å². The average molecular weight is 206 g/mol. The van der Waals surface area contributed by atoms with Gasteiger partial charge in [-0.3, -0.25) is 0 Å². The molecule has 0 radical (unpaired) electrons. The van der Waals surface area contributed by atoms with Gasteiger partial charge < -0.3 is 9.68 Å². The monoisotopic (exact) mass is 206 g/mol. The first-order valence-corrected chi connectivity index (χ1v) is 4.41. The van der Waals surface area contributed by atoms with Crippen molar-refractivity contribution in [1.29, 1.82) is 0 Å². The topological polar surface area (TPSA) is 38.7 Å². The summed E-state index contributed by atoms with van der Waals surface area (Å²) in [6.45, 7) is 0. The molecule has 0 fully saturated rings. The number of fused-ring (bicyclic) bond motifs is 1. The number of hydrogen-bond acceptors (Lipinski definition) is 3. The zero-order valence-electron chi connectivity index (χ0n) is 7.76. The fraction of sp³-hybridized carbons (Fsp3) is 0. The predicted octanol–water partition coefficient (Wildman–Crippen LogP) is 2.10. The Morgan fingerprint density at radius 3 is 2.60 bits per heavy atom. The molecular formula is C10H8BFO3. The molecule has 2 rings (SSSR count). The first kappa shape index (κ1) is 9.95. The molecule has 0 saturated carbocycles. The number of rotatable bonds is 3. The van der Waals surface area contributed by atoms with Gasteiger partial charge in [0.15, 0.2) is 0 Å². The molecule has 3 nitrogen and oxygen atoms in total. The highest BCUT2D eigenvalue weighted by molar-refractivity contribution is 6.35. The Bertz CT molecular complexity index is 458. The first-order valence-electron chi connectivity index (χ1n) is 4.41. The Morgan fingerprint density at radius 2 is 1.80 bits per heavy atom. The Kier molecular flexibility index (Phi) is 2.85. The second-order valence-electron chi connectivity index (χ2n) is 2.99. The zero-order valence-corrected chi connectivity index (χ0v) is 7.76. The van der Waals surface area contributed by atoms with Gasteiger partial charge in [-0.05, 0) is 11.5 Å². The second-order valence-corrected chi connectivity index (χ2v) is 2.99. The van der Waals surface area contributed by atoms with Gasteiger partial charge in [-0.1, -0.05) is 40.9 Å². The molecular weight excluding hydrogens is 198 g/mol. The highest BCUT2D eigenvalue weighted by Crippen LogP contribution is 2.25. The van der Waals surface area contributed by atoms with Crippen molar-refractivity contribution in [1.82, 2.24) is 0 Å². The van der Waals surface area contributed by atoms with E-state index in [0.29, 0.717) is 5.75 Å². The van der Waals surface area contributed by atoms with Crippen molar-refractivity contribution in [2.75, 3.05) is 0 Å². The fourth-order valence-electron chi connectivity index (χ4n) is 1.43. The summed E-state index contributed by atoms with van der Waals surface area (Å²) >= 11 is 0. The number of benzene rings is 2. The third-order valence-corrected chi connectivity index (χ3v) is 2.05. The smallest absolute Gasteiger partial charge is 0.510 e. The van der Waals surface area contributed by atoms with Gasteiger partial charge in [-0.2, -0.15) is 4.86 Å². The van der Waals surface area contributed by atoms with E-state index in [4.69, 9.17) is 9.68 Å². The SMILES string of the molecule is OB(OF)Oc1cccc2ccccc12. The van der Waals surface area contributed by atoms with Crippen LogP contribution in [-0.2, 0) is 4.86 Å². The van der Waals surface area contributed by atoms with Gasteiger partial charge in [0, 0.05) is 5.39 Å². The summed E-state index contributed by atoms with van der Waals surface area (Å²) in [5.41, 5.74) is 0. The Morgan fingerprint density at radius 1 is 1.07 bits per heavy atom. The van der Waals surface area contributed by atoms with Crippen LogP contribution in [0.4, 0.5) is 4.53 Å². The first-order chi connectivity index (χ1) is 7.31. The summed E-state index contributed by atoms with van der Waals surface area (Å²) in [6.07, 6.45) is 0. The molecule has 0 heterocycles. The van der Waals surface area contributed by atoms with Gasteiger partial charge in [0.1, 0.15) is 5.75 Å². The van der Waals surface area contributed by atoms with Crippen LogP contribution in [0.1, 0.15) is 0 Å². The van der Waals surface area contributed by atoms with E-state index < -0.39 is 7.32 Å². The van der Waals surface area contributed by atoms with Crippen LogP contribution in [0, 0.1) is 0 Å². The lowest BCUT2D eigenvalue weighted by atomic mass is 10.1. The van der Waals surface area contributed by atoms with Gasteiger partial charge in [0.25, 0.3) is 0 Å². The number of hydrogen-bond donors (Lipinski definition) is 1. The molecule has 15 heavy (non-hydrogen) atoms. The highest BCUT2D eigenvalue weighted by atomic mass is 19.3. The van der Waals surface area contributed by atoms with E-state index in [1.165, 1.54) is 0 Å². The van der Waals surface area contributed by atoms with Crippen LogP contribution >= 0.6 is 0 Å². The van der Waals surface area contributed by atoms with Crippen LogP contribution in [0.15, 0.2) is 42.5 Å². The van der Waals surface area contributed by atoms with Gasteiger partial charge in [-0.15, -0.1) is 0 Å². The largest absolute Gasteiger partial charge is 0.743 e. The molecule has 2 aromatic carbocycles. The van der Waals surface area contributed by atoms with Crippen LogP contribution in [0.3, 0.4) is 0 Å². The summed E-state index contributed by atoms with van der Waals surface area (Å²) in [6, 6.07) is 12.7. The quantitative estimate of drug-likeness (QED) is 0.781. The molecule has 0 amide bonds. The maximum absolute atomic E-state index is 11.6. The lowest BCUT2D eigenvalue weighted by Gasteiger charge is -2.08. The highest BCUT2D eigenvalue weighted by Gasteiger charge is 2.20. The van der Waals surface area contributed by atoms with Crippen molar-refractivity contribution in [3.8, 4) is 5.75 Å². The van der Waals surface area contributed by atoms with E-state index in [0.717, 1.165) is 10.8 Å². The van der Waals surface area contributed by atoms with Crippen molar-refractivity contribution in [2.45, 2.75) is 0 Å². The molecule has 2 aromatic rings. The van der Waals surface area contributed by atoms with Crippen molar-refractivity contribution in [2.24, 2.45) is 0 Å². The van der Waals surface area contributed by atoms with Crippen LogP contribution in [-0.4, -0.2) is 12.3 Å². The van der Waals surface area contributed by atoms with E-state index in [9.17, 15) is 4.53 Å². The van der Waals surface area contributed by atoms with Gasteiger partial charge in [0.2, 0.25) is 0 Å². The third kappa shape index (κ3) is 2.08. The minimum Gasteiger partial charge on any atom is -0.510 e. The lowest BCUT2D eigenvalue weighted by molar-refractivity contribution is -0.0525. The normalized spacial score (nSPS) is 10.3. The maximum atomic E-state index is 11.6. The Balaban J connectivity index is 2.42. The molecule has 0 atom stereocenters. The summed E-state index contributed by atoms with van der Waals surface area (Å²) in [5, 5.41) is 10.6. The molecule has 0 spiro atoms.